The van der Waals surface area contributed by atoms with Gasteiger partial charge in [0, 0.05) is 12.8 Å². The maximum absolute atomic E-state index is 10.1. The van der Waals surface area contributed by atoms with Crippen molar-refractivity contribution in [3.63, 3.8) is 0 Å². The molecule has 2 aliphatic rings. The molecular formula is C11H14O2. The zero-order valence-corrected chi connectivity index (χ0v) is 7.48. The maximum atomic E-state index is 10.1. The van der Waals surface area contributed by atoms with Gasteiger partial charge in [0.05, 0.1) is 11.7 Å². The standard InChI is InChI=1S/C11H14O2/c12-10-5-1-3-9-4-2-6-11(13,7-9)8-10/h1-5,10,12-13H,6-8H2/b5-1-,9-3-. The normalized spacial score (nSPS) is 44.5. The molecule has 2 aliphatic carbocycles. The van der Waals surface area contributed by atoms with E-state index in [0.717, 1.165) is 5.57 Å². The Morgan fingerprint density at radius 2 is 2.31 bits per heavy atom. The fraction of sp³-hybridized carbons (Fsp3) is 0.455. The van der Waals surface area contributed by atoms with E-state index in [0.29, 0.717) is 19.3 Å². The minimum atomic E-state index is -0.731. The van der Waals surface area contributed by atoms with Crippen molar-refractivity contribution in [3.8, 4) is 0 Å². The van der Waals surface area contributed by atoms with Gasteiger partial charge in [-0.1, -0.05) is 30.4 Å². The third-order valence-corrected chi connectivity index (χ3v) is 2.60. The van der Waals surface area contributed by atoms with Crippen LogP contribution in [0.25, 0.3) is 0 Å². The minimum absolute atomic E-state index is 0.436. The van der Waals surface area contributed by atoms with E-state index in [1.807, 2.05) is 24.3 Å². The Bertz CT molecular complexity index is 288. The molecule has 0 saturated heterocycles. The summed E-state index contributed by atoms with van der Waals surface area (Å²) in [5.41, 5.74) is 0.405. The van der Waals surface area contributed by atoms with Crippen LogP contribution in [0.2, 0.25) is 0 Å². The maximum Gasteiger partial charge on any atom is 0.0751 e. The lowest BCUT2D eigenvalue weighted by atomic mass is 9.81. The first kappa shape index (κ1) is 8.73. The summed E-state index contributed by atoms with van der Waals surface area (Å²) >= 11 is 0. The molecule has 0 aliphatic heterocycles. The van der Waals surface area contributed by atoms with Gasteiger partial charge >= 0.3 is 0 Å². The first-order valence-corrected chi connectivity index (χ1v) is 4.62. The second-order valence-corrected chi connectivity index (χ2v) is 3.91. The van der Waals surface area contributed by atoms with Crippen molar-refractivity contribution >= 4 is 0 Å². The van der Waals surface area contributed by atoms with E-state index >= 15 is 0 Å². The monoisotopic (exact) mass is 178 g/mol. The van der Waals surface area contributed by atoms with Crippen LogP contribution in [-0.2, 0) is 0 Å². The summed E-state index contributed by atoms with van der Waals surface area (Å²) in [5.74, 6) is 0. The molecule has 0 fully saturated rings. The second-order valence-electron chi connectivity index (χ2n) is 3.91. The molecule has 2 atom stereocenters. The topological polar surface area (TPSA) is 40.5 Å². The quantitative estimate of drug-likeness (QED) is 0.587. The SMILES string of the molecule is OC1/C=C\C=C2\C=CCC(O)(C2)C1. The molecule has 2 unspecified atom stereocenters. The highest BCUT2D eigenvalue weighted by Crippen LogP contribution is 2.32. The fourth-order valence-corrected chi connectivity index (χ4v) is 1.98. The number of hydrogen-bond acceptors (Lipinski definition) is 2. The van der Waals surface area contributed by atoms with Crippen molar-refractivity contribution in [1.82, 2.24) is 0 Å². The van der Waals surface area contributed by atoms with Crippen molar-refractivity contribution in [2.75, 3.05) is 0 Å². The van der Waals surface area contributed by atoms with Crippen LogP contribution in [0.4, 0.5) is 0 Å². The lowest BCUT2D eigenvalue weighted by molar-refractivity contribution is 0.00151. The van der Waals surface area contributed by atoms with Gasteiger partial charge in [-0.15, -0.1) is 0 Å². The molecule has 2 bridgehead atoms. The van der Waals surface area contributed by atoms with Gasteiger partial charge in [-0.05, 0) is 12.0 Å². The Hall–Kier alpha value is -0.860. The minimum Gasteiger partial charge on any atom is -0.389 e. The molecule has 0 aromatic heterocycles. The summed E-state index contributed by atoms with van der Waals surface area (Å²) in [6.07, 6.45) is 10.8. The summed E-state index contributed by atoms with van der Waals surface area (Å²) < 4.78 is 0. The summed E-state index contributed by atoms with van der Waals surface area (Å²) in [6.45, 7) is 0. The first-order chi connectivity index (χ1) is 6.18. The van der Waals surface area contributed by atoms with Gasteiger partial charge in [0.15, 0.2) is 0 Å². The van der Waals surface area contributed by atoms with E-state index in [4.69, 9.17) is 0 Å². The van der Waals surface area contributed by atoms with Gasteiger partial charge in [0.1, 0.15) is 0 Å². The molecule has 0 saturated carbocycles. The van der Waals surface area contributed by atoms with Gasteiger partial charge in [-0.2, -0.15) is 0 Å². The second kappa shape index (κ2) is 3.13. The molecule has 0 aromatic rings. The number of aliphatic hydroxyl groups is 2. The lowest BCUT2D eigenvalue weighted by Crippen LogP contribution is -2.34. The predicted molar refractivity (Wildman–Crippen MR) is 51.2 cm³/mol. The van der Waals surface area contributed by atoms with Crippen LogP contribution in [0, 0.1) is 0 Å². The number of aliphatic hydroxyl groups excluding tert-OH is 1. The van der Waals surface area contributed by atoms with Crippen molar-refractivity contribution in [3.05, 3.63) is 36.0 Å². The average molecular weight is 178 g/mol. The molecule has 0 aromatic carbocycles. The summed E-state index contributed by atoms with van der Waals surface area (Å²) in [7, 11) is 0. The Morgan fingerprint density at radius 3 is 3.15 bits per heavy atom. The van der Waals surface area contributed by atoms with Crippen LogP contribution < -0.4 is 0 Å². The number of rotatable bonds is 0. The van der Waals surface area contributed by atoms with Crippen LogP contribution >= 0.6 is 0 Å². The van der Waals surface area contributed by atoms with Gasteiger partial charge in [-0.25, -0.2) is 0 Å². The molecule has 2 rings (SSSR count). The molecule has 0 heterocycles. The Kier molecular flexibility index (Phi) is 2.10. The summed E-state index contributed by atoms with van der Waals surface area (Å²) in [4.78, 5) is 0. The molecule has 0 amide bonds. The number of fused-ring (bicyclic) bond motifs is 2. The number of hydrogen-bond donors (Lipinski definition) is 2. The van der Waals surface area contributed by atoms with Crippen molar-refractivity contribution in [2.45, 2.75) is 31.0 Å². The smallest absolute Gasteiger partial charge is 0.0751 e. The molecular weight excluding hydrogens is 164 g/mol. The zero-order chi connectivity index (χ0) is 9.31. The largest absolute Gasteiger partial charge is 0.389 e. The van der Waals surface area contributed by atoms with Gasteiger partial charge in [0.25, 0.3) is 0 Å². The van der Waals surface area contributed by atoms with Crippen LogP contribution in [0.15, 0.2) is 36.0 Å². The first-order valence-electron chi connectivity index (χ1n) is 4.62. The molecule has 2 heteroatoms. The third kappa shape index (κ3) is 1.90. The van der Waals surface area contributed by atoms with Crippen molar-refractivity contribution in [2.24, 2.45) is 0 Å². The van der Waals surface area contributed by atoms with E-state index < -0.39 is 11.7 Å². The molecule has 2 nitrogen and oxygen atoms in total. The van der Waals surface area contributed by atoms with Gasteiger partial charge < -0.3 is 10.2 Å². The molecule has 0 spiro atoms. The van der Waals surface area contributed by atoms with Crippen LogP contribution in [-0.4, -0.2) is 21.9 Å². The summed E-state index contributed by atoms with van der Waals surface area (Å²) in [6, 6.07) is 0. The molecule has 13 heavy (non-hydrogen) atoms. The summed E-state index contributed by atoms with van der Waals surface area (Å²) in [5, 5.41) is 19.6. The highest BCUT2D eigenvalue weighted by Gasteiger charge is 2.31. The Morgan fingerprint density at radius 1 is 1.46 bits per heavy atom. The van der Waals surface area contributed by atoms with E-state index in [1.54, 1.807) is 6.08 Å². The number of allylic oxidation sites excluding steroid dienone is 3. The highest BCUT2D eigenvalue weighted by molar-refractivity contribution is 5.31. The fourth-order valence-electron chi connectivity index (χ4n) is 1.98. The van der Waals surface area contributed by atoms with Crippen molar-refractivity contribution in [1.29, 1.82) is 0 Å². The lowest BCUT2D eigenvalue weighted by Gasteiger charge is -2.32. The molecule has 0 radical (unpaired) electrons. The Labute approximate surface area is 77.9 Å². The molecule has 70 valence electrons. The van der Waals surface area contributed by atoms with Crippen molar-refractivity contribution < 1.29 is 10.2 Å². The Balaban J connectivity index is 2.32. The average Bonchev–Trinajstić information content (AvgIpc) is 2.01. The highest BCUT2D eigenvalue weighted by atomic mass is 16.3. The van der Waals surface area contributed by atoms with Crippen LogP contribution in [0.1, 0.15) is 19.3 Å². The third-order valence-electron chi connectivity index (χ3n) is 2.60. The van der Waals surface area contributed by atoms with Gasteiger partial charge in [-0.3, -0.25) is 0 Å². The zero-order valence-electron chi connectivity index (χ0n) is 7.48. The van der Waals surface area contributed by atoms with E-state index in [-0.39, 0.29) is 0 Å². The van der Waals surface area contributed by atoms with Gasteiger partial charge in [0.2, 0.25) is 0 Å². The van der Waals surface area contributed by atoms with Crippen LogP contribution in [0.5, 0.6) is 0 Å². The van der Waals surface area contributed by atoms with E-state index in [1.165, 1.54) is 0 Å². The predicted octanol–water partition coefficient (Wildman–Crippen LogP) is 1.31. The van der Waals surface area contributed by atoms with Crippen LogP contribution in [0.3, 0.4) is 0 Å². The molecule has 2 N–H and O–H groups in total. The van der Waals surface area contributed by atoms with E-state index in [2.05, 4.69) is 0 Å². The van der Waals surface area contributed by atoms with E-state index in [9.17, 15) is 10.2 Å².